The predicted octanol–water partition coefficient (Wildman–Crippen LogP) is 3.14. The van der Waals surface area contributed by atoms with Crippen LogP contribution in [0.15, 0.2) is 11.6 Å². The maximum atomic E-state index is 10.1. The van der Waals surface area contributed by atoms with E-state index in [1.54, 1.807) is 5.57 Å². The minimum Gasteiger partial charge on any atom is -0.392 e. The number of hydrogen-bond acceptors (Lipinski definition) is 1. The molecule has 0 amide bonds. The number of fused-ring (bicyclic) bond motifs is 2. The third-order valence-electron chi connectivity index (χ3n) is 5.14. The number of hydrogen-bond donors (Lipinski definition) is 1. The third-order valence-corrected chi connectivity index (χ3v) is 5.14. The normalized spacial score (nSPS) is 47.3. The molecule has 0 aliphatic heterocycles. The second-order valence-electron chi connectivity index (χ2n) is 6.51. The highest BCUT2D eigenvalue weighted by atomic mass is 16.3. The standard InChI is InChI=1S/C14H22O/c1-14(2)8-13(15)11-6-9-4-3-5-10(9)7-12(11)14/h6,10-13,15H,3-5,7-8H2,1-2H3/t10-,11-,12-,13+/m1/s1. The van der Waals surface area contributed by atoms with Crippen LogP contribution in [0.1, 0.15) is 46.0 Å². The van der Waals surface area contributed by atoms with Crippen molar-refractivity contribution in [2.75, 3.05) is 0 Å². The zero-order valence-corrected chi connectivity index (χ0v) is 9.87. The van der Waals surface area contributed by atoms with Crippen LogP contribution in [0.3, 0.4) is 0 Å². The van der Waals surface area contributed by atoms with Crippen molar-refractivity contribution in [3.8, 4) is 0 Å². The van der Waals surface area contributed by atoms with Crippen molar-refractivity contribution in [3.05, 3.63) is 11.6 Å². The van der Waals surface area contributed by atoms with Crippen molar-refractivity contribution in [1.29, 1.82) is 0 Å². The number of aliphatic hydroxyl groups excluding tert-OH is 1. The molecule has 0 saturated heterocycles. The van der Waals surface area contributed by atoms with Crippen LogP contribution in [0.4, 0.5) is 0 Å². The first-order valence-electron chi connectivity index (χ1n) is 6.46. The number of rotatable bonds is 0. The fourth-order valence-corrected chi connectivity index (χ4v) is 4.30. The van der Waals surface area contributed by atoms with Crippen LogP contribution >= 0.6 is 0 Å². The Bertz CT molecular complexity index is 302. The molecule has 0 aromatic heterocycles. The molecule has 1 nitrogen and oxygen atoms in total. The summed E-state index contributed by atoms with van der Waals surface area (Å²) >= 11 is 0. The maximum Gasteiger partial charge on any atom is 0.0610 e. The lowest BCUT2D eigenvalue weighted by molar-refractivity contribution is 0.133. The van der Waals surface area contributed by atoms with E-state index in [0.717, 1.165) is 18.3 Å². The molecule has 0 spiro atoms. The first kappa shape index (κ1) is 9.89. The summed E-state index contributed by atoms with van der Waals surface area (Å²) in [6, 6.07) is 0. The highest BCUT2D eigenvalue weighted by Crippen LogP contribution is 2.55. The molecule has 0 bridgehead atoms. The van der Waals surface area contributed by atoms with Crippen molar-refractivity contribution in [3.63, 3.8) is 0 Å². The van der Waals surface area contributed by atoms with Gasteiger partial charge >= 0.3 is 0 Å². The Morgan fingerprint density at radius 1 is 1.40 bits per heavy atom. The lowest BCUT2D eigenvalue weighted by atomic mass is 9.69. The van der Waals surface area contributed by atoms with E-state index >= 15 is 0 Å². The summed E-state index contributed by atoms with van der Waals surface area (Å²) in [6.45, 7) is 4.68. The van der Waals surface area contributed by atoms with Gasteiger partial charge in [0.2, 0.25) is 0 Å². The summed E-state index contributed by atoms with van der Waals surface area (Å²) in [4.78, 5) is 0. The van der Waals surface area contributed by atoms with Gasteiger partial charge in [0.05, 0.1) is 6.10 Å². The molecule has 0 aromatic carbocycles. The Morgan fingerprint density at radius 2 is 2.20 bits per heavy atom. The van der Waals surface area contributed by atoms with Crippen LogP contribution in [0, 0.1) is 23.2 Å². The van der Waals surface area contributed by atoms with Crippen LogP contribution in [0.25, 0.3) is 0 Å². The van der Waals surface area contributed by atoms with E-state index in [1.807, 2.05) is 0 Å². The number of aliphatic hydroxyl groups is 1. The van der Waals surface area contributed by atoms with Crippen molar-refractivity contribution in [1.82, 2.24) is 0 Å². The second kappa shape index (κ2) is 3.10. The second-order valence-corrected chi connectivity index (χ2v) is 6.51. The monoisotopic (exact) mass is 206 g/mol. The first-order chi connectivity index (χ1) is 7.08. The molecule has 4 atom stereocenters. The highest BCUT2D eigenvalue weighted by molar-refractivity contribution is 5.21. The van der Waals surface area contributed by atoms with Crippen molar-refractivity contribution in [2.45, 2.75) is 52.1 Å². The molecule has 0 unspecified atom stereocenters. The molecule has 84 valence electrons. The van der Waals surface area contributed by atoms with E-state index < -0.39 is 0 Å². The quantitative estimate of drug-likeness (QED) is 0.604. The Morgan fingerprint density at radius 3 is 3.00 bits per heavy atom. The van der Waals surface area contributed by atoms with Crippen molar-refractivity contribution >= 4 is 0 Å². The van der Waals surface area contributed by atoms with Gasteiger partial charge in [0, 0.05) is 5.92 Å². The van der Waals surface area contributed by atoms with E-state index in [4.69, 9.17) is 0 Å². The Kier molecular flexibility index (Phi) is 2.04. The summed E-state index contributed by atoms with van der Waals surface area (Å²) < 4.78 is 0. The molecule has 3 aliphatic carbocycles. The minimum absolute atomic E-state index is 0.0703. The van der Waals surface area contributed by atoms with Crippen LogP contribution in [-0.2, 0) is 0 Å². The zero-order valence-electron chi connectivity index (χ0n) is 9.87. The largest absolute Gasteiger partial charge is 0.392 e. The first-order valence-corrected chi connectivity index (χ1v) is 6.46. The molecule has 3 aliphatic rings. The topological polar surface area (TPSA) is 20.2 Å². The van der Waals surface area contributed by atoms with Gasteiger partial charge in [-0.1, -0.05) is 25.5 Å². The van der Waals surface area contributed by atoms with Gasteiger partial charge in [-0.3, -0.25) is 0 Å². The highest BCUT2D eigenvalue weighted by Gasteiger charge is 2.49. The summed E-state index contributed by atoms with van der Waals surface area (Å²) in [5.41, 5.74) is 2.03. The molecule has 3 rings (SSSR count). The lowest BCUT2D eigenvalue weighted by Crippen LogP contribution is -2.28. The molecule has 0 aromatic rings. The molecule has 1 heteroatoms. The molecule has 15 heavy (non-hydrogen) atoms. The smallest absolute Gasteiger partial charge is 0.0610 e. The van der Waals surface area contributed by atoms with Crippen molar-refractivity contribution < 1.29 is 5.11 Å². The fourth-order valence-electron chi connectivity index (χ4n) is 4.30. The van der Waals surface area contributed by atoms with Gasteiger partial charge in [-0.05, 0) is 49.4 Å². The van der Waals surface area contributed by atoms with E-state index in [9.17, 15) is 5.11 Å². The fraction of sp³-hybridized carbons (Fsp3) is 0.857. The van der Waals surface area contributed by atoms with Crippen LogP contribution in [0.2, 0.25) is 0 Å². The van der Waals surface area contributed by atoms with Gasteiger partial charge in [0.15, 0.2) is 0 Å². The van der Waals surface area contributed by atoms with Gasteiger partial charge < -0.3 is 5.11 Å². The molecule has 1 N–H and O–H groups in total. The van der Waals surface area contributed by atoms with E-state index in [0.29, 0.717) is 11.3 Å². The summed E-state index contributed by atoms with van der Waals surface area (Å²) in [5, 5.41) is 10.1. The predicted molar refractivity (Wildman–Crippen MR) is 61.4 cm³/mol. The van der Waals surface area contributed by atoms with E-state index in [1.165, 1.54) is 25.7 Å². The van der Waals surface area contributed by atoms with Gasteiger partial charge in [-0.25, -0.2) is 0 Å². The van der Waals surface area contributed by atoms with Crippen LogP contribution < -0.4 is 0 Å². The minimum atomic E-state index is -0.0703. The van der Waals surface area contributed by atoms with Gasteiger partial charge in [-0.2, -0.15) is 0 Å². The summed E-state index contributed by atoms with van der Waals surface area (Å²) in [6.07, 6.45) is 8.82. The van der Waals surface area contributed by atoms with E-state index in [-0.39, 0.29) is 6.10 Å². The average Bonchev–Trinajstić information content (AvgIpc) is 2.68. The maximum absolute atomic E-state index is 10.1. The summed E-state index contributed by atoms with van der Waals surface area (Å²) in [5.74, 6) is 2.08. The summed E-state index contributed by atoms with van der Waals surface area (Å²) in [7, 11) is 0. The number of allylic oxidation sites excluding steroid dienone is 1. The van der Waals surface area contributed by atoms with Crippen molar-refractivity contribution in [2.24, 2.45) is 23.2 Å². The van der Waals surface area contributed by atoms with Crippen LogP contribution in [0.5, 0.6) is 0 Å². The zero-order chi connectivity index (χ0) is 10.6. The van der Waals surface area contributed by atoms with Crippen LogP contribution in [-0.4, -0.2) is 11.2 Å². The molecule has 2 saturated carbocycles. The van der Waals surface area contributed by atoms with Gasteiger partial charge in [0.1, 0.15) is 0 Å². The SMILES string of the molecule is CC1(C)C[C@H](O)[C@@H]2C=C3CCC[C@@H]3C[C@H]21. The van der Waals surface area contributed by atoms with Gasteiger partial charge in [0.25, 0.3) is 0 Å². The molecule has 2 fully saturated rings. The average molecular weight is 206 g/mol. The Hall–Kier alpha value is -0.300. The molecular formula is C14H22O. The Labute approximate surface area is 92.6 Å². The molecule has 0 radical (unpaired) electrons. The van der Waals surface area contributed by atoms with Gasteiger partial charge in [-0.15, -0.1) is 0 Å². The molecule has 0 heterocycles. The lowest BCUT2D eigenvalue weighted by Gasteiger charge is -2.35. The third kappa shape index (κ3) is 1.39. The Balaban J connectivity index is 1.94. The molecular weight excluding hydrogens is 184 g/mol. The van der Waals surface area contributed by atoms with E-state index in [2.05, 4.69) is 19.9 Å².